The maximum Gasteiger partial charge on any atom is 0.0705 e. The van der Waals surface area contributed by atoms with Crippen LogP contribution in [0.4, 0.5) is 0 Å². The number of hydrogen-bond acceptors (Lipinski definition) is 0. The van der Waals surface area contributed by atoms with E-state index in [1.165, 1.54) is 22.3 Å². The van der Waals surface area contributed by atoms with Crippen LogP contribution in [0.3, 0.4) is 0 Å². The first-order valence-electron chi connectivity index (χ1n) is 26.7. The van der Waals surface area contributed by atoms with E-state index in [1.54, 1.807) is 12.1 Å². The Hall–Kier alpha value is -8.00. The summed E-state index contributed by atoms with van der Waals surface area (Å²) in [6.07, 6.45) is 0. The van der Waals surface area contributed by atoms with Gasteiger partial charge in [-0.05, 0) is 108 Å². The predicted molar refractivity (Wildman–Crippen MR) is 265 cm³/mol. The highest BCUT2D eigenvalue weighted by atomic mass is 15.0. The number of hydrogen-bond donors (Lipinski definition) is 0. The van der Waals surface area contributed by atoms with Gasteiger partial charge >= 0.3 is 0 Å². The quantitative estimate of drug-likeness (QED) is 0.141. The topological polar surface area (TPSA) is 4.93 Å². The molecule has 0 aliphatic heterocycles. The molecule has 1 heteroatoms. The third kappa shape index (κ3) is 5.31. The smallest absolute Gasteiger partial charge is 0.0705 e. The SMILES string of the molecule is [2H]c1c([2H])c([2H])c(-c2cccc(C(c3ccccc3)(c3cccc(-c4c([2H])c([2H])c([2H])c([2H])c4[2H])c3)c3cccc4c3C3c5ccccc5C4c4cccc(-n5c6ccccc6c6ccccc65)c43)c2)c([2H])c1[2H]. The van der Waals surface area contributed by atoms with Crippen LogP contribution in [-0.2, 0) is 5.41 Å². The Bertz CT molecular complexity index is 3950. The maximum atomic E-state index is 9.15. The van der Waals surface area contributed by atoms with Crippen molar-refractivity contribution in [2.24, 2.45) is 0 Å². The number of para-hydroxylation sites is 2. The molecule has 0 radical (unpaired) electrons. The second-order valence-corrected chi connectivity index (χ2v) is 16.7. The van der Waals surface area contributed by atoms with Crippen LogP contribution in [0.25, 0.3) is 49.7 Å². The zero-order chi connectivity index (χ0) is 50.9. The summed E-state index contributed by atoms with van der Waals surface area (Å²) in [7, 11) is 0. The van der Waals surface area contributed by atoms with Gasteiger partial charge in [-0.2, -0.15) is 0 Å². The summed E-state index contributed by atoms with van der Waals surface area (Å²) in [5.74, 6) is -0.484. The lowest BCUT2D eigenvalue weighted by atomic mass is 9.55. The van der Waals surface area contributed by atoms with Crippen LogP contribution in [0.2, 0.25) is 0 Å². The van der Waals surface area contributed by atoms with Crippen molar-refractivity contribution in [1.82, 2.24) is 4.57 Å². The molecule has 0 N–H and O–H groups in total. The van der Waals surface area contributed by atoms with Gasteiger partial charge < -0.3 is 4.57 Å². The van der Waals surface area contributed by atoms with Gasteiger partial charge in [-0.3, -0.25) is 0 Å². The molecule has 0 amide bonds. The Kier molecular flexibility index (Phi) is 6.33. The first kappa shape index (κ1) is 27.8. The minimum absolute atomic E-state index is 0.0699. The highest BCUT2D eigenvalue weighted by Crippen LogP contribution is 2.61. The van der Waals surface area contributed by atoms with Crippen LogP contribution in [0.1, 0.15) is 81.2 Å². The Morgan fingerprint density at radius 3 is 1.44 bits per heavy atom. The molecule has 0 spiro atoms. The standard InChI is InChI=1S/C63H43N/c1-4-20-42(21-5-1)44-24-16-28-47(40-44)63(46-26-8-3-9-27-46,48-29-17-25-45(41-48)43-22-6-2-7-23-43)55-36-18-34-53-59-51-32-10-11-33-52(51)62(60(53)55)61-54(59)35-19-39-58(61)64-56-37-14-12-30-49(56)50-31-13-15-38-57(50)64/h1-41,59,62H/i1D,2D,4D,5D,6D,7D,20D,21D,22D,23D. The van der Waals surface area contributed by atoms with Crippen LogP contribution >= 0.6 is 0 Å². The fourth-order valence-electron chi connectivity index (χ4n) is 11.3. The van der Waals surface area contributed by atoms with E-state index in [9.17, 15) is 0 Å². The van der Waals surface area contributed by atoms with Gasteiger partial charge in [0, 0.05) is 22.6 Å². The number of rotatable bonds is 7. The molecule has 300 valence electrons. The zero-order valence-corrected chi connectivity index (χ0v) is 34.5. The van der Waals surface area contributed by atoms with Gasteiger partial charge in [0.1, 0.15) is 0 Å². The van der Waals surface area contributed by atoms with Gasteiger partial charge in [0.2, 0.25) is 0 Å². The number of benzene rings is 10. The van der Waals surface area contributed by atoms with Crippen LogP contribution in [0.15, 0.2) is 248 Å². The van der Waals surface area contributed by atoms with Crippen LogP contribution < -0.4 is 0 Å². The summed E-state index contributed by atoms with van der Waals surface area (Å²) in [6, 6.07) is 60.4. The van der Waals surface area contributed by atoms with E-state index in [-0.39, 0.29) is 47.1 Å². The molecule has 2 unspecified atom stereocenters. The highest BCUT2D eigenvalue weighted by molar-refractivity contribution is 6.09. The van der Waals surface area contributed by atoms with Gasteiger partial charge in [-0.1, -0.05) is 218 Å². The molecule has 3 aliphatic carbocycles. The van der Waals surface area contributed by atoms with E-state index < -0.39 is 41.7 Å². The first-order chi connectivity index (χ1) is 35.9. The molecular weight excluding hydrogens is 771 g/mol. The molecule has 1 aromatic heterocycles. The Labute approximate surface area is 388 Å². The third-order valence-electron chi connectivity index (χ3n) is 13.7. The third-order valence-corrected chi connectivity index (χ3v) is 13.7. The normalized spacial score (nSPS) is 17.1. The Morgan fingerprint density at radius 1 is 0.359 bits per heavy atom. The second-order valence-electron chi connectivity index (χ2n) is 16.7. The minimum atomic E-state index is -1.27. The summed E-state index contributed by atoms with van der Waals surface area (Å²) >= 11 is 0. The summed E-state index contributed by atoms with van der Waals surface area (Å²) in [6.45, 7) is 0. The summed E-state index contributed by atoms with van der Waals surface area (Å²) in [4.78, 5) is 0. The van der Waals surface area contributed by atoms with Crippen molar-refractivity contribution in [1.29, 1.82) is 0 Å². The van der Waals surface area contributed by atoms with Gasteiger partial charge in [0.15, 0.2) is 0 Å². The highest BCUT2D eigenvalue weighted by Gasteiger charge is 2.49. The largest absolute Gasteiger partial charge is 0.309 e. The molecule has 0 saturated heterocycles. The molecule has 14 rings (SSSR count). The molecule has 3 aliphatic rings. The van der Waals surface area contributed by atoms with Crippen molar-refractivity contribution in [3.05, 3.63) is 304 Å². The van der Waals surface area contributed by atoms with Crippen molar-refractivity contribution >= 4 is 21.8 Å². The minimum Gasteiger partial charge on any atom is -0.309 e. The second kappa shape index (κ2) is 14.5. The molecular formula is C63H43N. The summed E-state index contributed by atoms with van der Waals surface area (Å²) in [5.41, 5.74) is 13.3. The molecule has 1 heterocycles. The van der Waals surface area contributed by atoms with Crippen molar-refractivity contribution in [3.63, 3.8) is 0 Å². The lowest BCUT2D eigenvalue weighted by Gasteiger charge is -2.47. The average Bonchev–Trinajstić information content (AvgIpc) is 3.80. The molecule has 2 atom stereocenters. The first-order valence-corrected chi connectivity index (χ1v) is 21.7. The fraction of sp³-hybridized carbons (Fsp3) is 0.0476. The number of nitrogens with zero attached hydrogens (tertiary/aromatic N) is 1. The average molecular weight is 824 g/mol. The molecule has 0 saturated carbocycles. The van der Waals surface area contributed by atoms with Crippen molar-refractivity contribution in [2.75, 3.05) is 0 Å². The van der Waals surface area contributed by atoms with Gasteiger partial charge in [0.25, 0.3) is 0 Å². The molecule has 64 heavy (non-hydrogen) atoms. The molecule has 10 aromatic carbocycles. The van der Waals surface area contributed by atoms with Crippen molar-refractivity contribution < 1.29 is 13.7 Å². The number of fused-ring (bicyclic) bond motifs is 3. The van der Waals surface area contributed by atoms with Crippen LogP contribution in [0, 0.1) is 0 Å². The van der Waals surface area contributed by atoms with E-state index in [4.69, 9.17) is 13.7 Å². The summed E-state index contributed by atoms with van der Waals surface area (Å²) < 4.78 is 90.7. The van der Waals surface area contributed by atoms with Gasteiger partial charge in [-0.15, -0.1) is 0 Å². The Morgan fingerprint density at radius 2 is 0.828 bits per heavy atom. The lowest BCUT2D eigenvalue weighted by Crippen LogP contribution is -2.37. The summed E-state index contributed by atoms with van der Waals surface area (Å²) in [5, 5.41) is 2.31. The molecule has 1 nitrogen and oxygen atoms in total. The van der Waals surface area contributed by atoms with E-state index in [0.717, 1.165) is 60.9 Å². The van der Waals surface area contributed by atoms with Crippen LogP contribution in [0.5, 0.6) is 0 Å². The molecule has 2 bridgehead atoms. The maximum absolute atomic E-state index is 9.15. The van der Waals surface area contributed by atoms with E-state index >= 15 is 0 Å². The van der Waals surface area contributed by atoms with Crippen molar-refractivity contribution in [3.8, 4) is 27.9 Å². The van der Waals surface area contributed by atoms with Crippen LogP contribution in [-0.4, -0.2) is 4.57 Å². The van der Waals surface area contributed by atoms with Gasteiger partial charge in [0.05, 0.1) is 35.8 Å². The monoisotopic (exact) mass is 823 g/mol. The van der Waals surface area contributed by atoms with E-state index in [1.807, 2.05) is 54.6 Å². The Balaban J connectivity index is 1.17. The predicted octanol–water partition coefficient (Wildman–Crippen LogP) is 15.5. The number of aromatic nitrogens is 1. The van der Waals surface area contributed by atoms with Gasteiger partial charge in [-0.25, -0.2) is 0 Å². The van der Waals surface area contributed by atoms with E-state index in [2.05, 4.69) is 126 Å². The zero-order valence-electron chi connectivity index (χ0n) is 44.5. The van der Waals surface area contributed by atoms with E-state index in [0.29, 0.717) is 11.1 Å². The molecule has 0 fully saturated rings. The molecule has 11 aromatic rings. The lowest BCUT2D eigenvalue weighted by molar-refractivity contribution is 0.685. The van der Waals surface area contributed by atoms with Crippen molar-refractivity contribution in [2.45, 2.75) is 17.3 Å². The fourth-order valence-corrected chi connectivity index (χ4v) is 11.3.